The molecule has 5 nitrogen and oxygen atoms in total. The lowest BCUT2D eigenvalue weighted by Gasteiger charge is -2.45. The summed E-state index contributed by atoms with van der Waals surface area (Å²) in [6.45, 7) is 5.09. The Kier molecular flexibility index (Phi) is 5.18. The fourth-order valence-electron chi connectivity index (χ4n) is 1.24. The SMILES string of the molecule is CC1(C)CNC1CS(C)(=O)=O.O=C(O)C(F)(F)F. The molecule has 0 amide bonds. The first-order chi connectivity index (χ1) is 7.76. The maximum Gasteiger partial charge on any atom is 0.490 e. The maximum absolute atomic E-state index is 10.9. The van der Waals surface area contributed by atoms with Crippen LogP contribution in [0.5, 0.6) is 0 Å². The number of carbonyl (C=O) groups is 1. The van der Waals surface area contributed by atoms with E-state index in [2.05, 4.69) is 19.2 Å². The molecule has 1 heterocycles. The minimum absolute atomic E-state index is 0.150. The van der Waals surface area contributed by atoms with Crippen molar-refractivity contribution in [3.63, 3.8) is 0 Å². The fourth-order valence-corrected chi connectivity index (χ4v) is 2.42. The van der Waals surface area contributed by atoms with Crippen LogP contribution in [0.2, 0.25) is 0 Å². The Morgan fingerprint density at radius 2 is 1.83 bits per heavy atom. The van der Waals surface area contributed by atoms with E-state index in [1.807, 2.05) is 0 Å². The third-order valence-electron chi connectivity index (χ3n) is 2.46. The number of rotatable bonds is 2. The van der Waals surface area contributed by atoms with E-state index >= 15 is 0 Å². The van der Waals surface area contributed by atoms with Gasteiger partial charge in [-0.1, -0.05) is 13.8 Å². The van der Waals surface area contributed by atoms with Gasteiger partial charge in [-0.15, -0.1) is 0 Å². The monoisotopic (exact) mass is 291 g/mol. The van der Waals surface area contributed by atoms with Crippen LogP contribution in [0, 0.1) is 5.41 Å². The summed E-state index contributed by atoms with van der Waals surface area (Å²) in [6, 6.07) is 0.150. The summed E-state index contributed by atoms with van der Waals surface area (Å²) in [7, 11) is -2.82. The van der Waals surface area contributed by atoms with E-state index in [1.54, 1.807) is 0 Å². The fraction of sp³-hybridized carbons (Fsp3) is 0.889. The summed E-state index contributed by atoms with van der Waals surface area (Å²) in [5.41, 5.74) is 0.156. The van der Waals surface area contributed by atoms with E-state index < -0.39 is 22.0 Å². The molecule has 1 fully saturated rings. The van der Waals surface area contributed by atoms with Gasteiger partial charge in [-0.25, -0.2) is 13.2 Å². The Balaban J connectivity index is 0.000000360. The molecule has 9 heteroatoms. The van der Waals surface area contributed by atoms with Crippen molar-refractivity contribution < 1.29 is 31.5 Å². The second-order valence-corrected chi connectivity index (χ2v) is 7.00. The van der Waals surface area contributed by atoms with E-state index in [0.29, 0.717) is 0 Å². The van der Waals surface area contributed by atoms with Gasteiger partial charge in [0.15, 0.2) is 0 Å². The van der Waals surface area contributed by atoms with Gasteiger partial charge in [-0.2, -0.15) is 13.2 Å². The number of aliphatic carboxylic acids is 1. The predicted molar refractivity (Wildman–Crippen MR) is 59.0 cm³/mol. The van der Waals surface area contributed by atoms with Crippen molar-refractivity contribution in [2.75, 3.05) is 18.6 Å². The van der Waals surface area contributed by atoms with Crippen molar-refractivity contribution in [1.29, 1.82) is 0 Å². The van der Waals surface area contributed by atoms with Crippen molar-refractivity contribution in [1.82, 2.24) is 5.32 Å². The number of hydrogen-bond acceptors (Lipinski definition) is 4. The molecule has 0 aromatic heterocycles. The van der Waals surface area contributed by atoms with Crippen molar-refractivity contribution in [2.24, 2.45) is 5.41 Å². The van der Waals surface area contributed by atoms with Crippen molar-refractivity contribution >= 4 is 15.8 Å². The number of sulfone groups is 1. The molecule has 1 saturated heterocycles. The molecule has 0 bridgehead atoms. The molecule has 0 saturated carbocycles. The van der Waals surface area contributed by atoms with Crippen LogP contribution in [0.15, 0.2) is 0 Å². The van der Waals surface area contributed by atoms with Crippen molar-refractivity contribution in [2.45, 2.75) is 26.1 Å². The Hall–Kier alpha value is -0.830. The molecule has 1 rings (SSSR count). The second kappa shape index (κ2) is 5.43. The summed E-state index contributed by atoms with van der Waals surface area (Å²) in [6.07, 6.45) is -3.80. The van der Waals surface area contributed by atoms with Crippen LogP contribution >= 0.6 is 0 Å². The Morgan fingerprint density at radius 3 is 1.89 bits per heavy atom. The molecule has 1 aliphatic rings. The highest BCUT2D eigenvalue weighted by Gasteiger charge is 2.39. The smallest absolute Gasteiger partial charge is 0.475 e. The van der Waals surface area contributed by atoms with Crippen LogP contribution < -0.4 is 5.32 Å². The number of halogens is 3. The highest BCUT2D eigenvalue weighted by molar-refractivity contribution is 7.90. The zero-order valence-corrected chi connectivity index (χ0v) is 11.0. The van der Waals surface area contributed by atoms with Crippen molar-refractivity contribution in [3.05, 3.63) is 0 Å². The molecule has 0 radical (unpaired) electrons. The minimum Gasteiger partial charge on any atom is -0.475 e. The van der Waals surface area contributed by atoms with Gasteiger partial charge in [0.25, 0.3) is 0 Å². The predicted octanol–water partition coefficient (Wildman–Crippen LogP) is 0.662. The van der Waals surface area contributed by atoms with Crippen LogP contribution in [-0.2, 0) is 14.6 Å². The van der Waals surface area contributed by atoms with E-state index in [0.717, 1.165) is 6.54 Å². The number of hydrogen-bond donors (Lipinski definition) is 2. The quantitative estimate of drug-likeness (QED) is 0.781. The first kappa shape index (κ1) is 17.2. The summed E-state index contributed by atoms with van der Waals surface area (Å²) >= 11 is 0. The summed E-state index contributed by atoms with van der Waals surface area (Å²) < 4.78 is 53.5. The third kappa shape index (κ3) is 6.20. The van der Waals surface area contributed by atoms with Crippen molar-refractivity contribution in [3.8, 4) is 0 Å². The molecule has 2 N–H and O–H groups in total. The molecule has 0 aromatic carbocycles. The topological polar surface area (TPSA) is 83.5 Å². The first-order valence-electron chi connectivity index (χ1n) is 4.97. The number of alkyl halides is 3. The molecule has 0 aliphatic carbocycles. The first-order valence-corrected chi connectivity index (χ1v) is 7.03. The lowest BCUT2D eigenvalue weighted by atomic mass is 9.78. The molecule has 1 unspecified atom stereocenters. The van der Waals surface area contributed by atoms with E-state index in [1.165, 1.54) is 6.26 Å². The molecule has 1 atom stereocenters. The summed E-state index contributed by atoms with van der Waals surface area (Å²) in [5, 5.41) is 10.2. The third-order valence-corrected chi connectivity index (χ3v) is 3.40. The van der Waals surface area contributed by atoms with E-state index in [4.69, 9.17) is 9.90 Å². The van der Waals surface area contributed by atoms with E-state index in [9.17, 15) is 21.6 Å². The normalized spacial score (nSPS) is 22.4. The lowest BCUT2D eigenvalue weighted by molar-refractivity contribution is -0.192. The summed E-state index contributed by atoms with van der Waals surface area (Å²) in [5.74, 6) is -2.49. The van der Waals surface area contributed by atoms with E-state index in [-0.39, 0.29) is 17.2 Å². The van der Waals surface area contributed by atoms with Crippen LogP contribution in [-0.4, -0.2) is 50.3 Å². The molecular formula is C9H16F3NO4S. The average Bonchev–Trinajstić information content (AvgIpc) is 2.11. The van der Waals surface area contributed by atoms with Gasteiger partial charge in [-0.05, 0) is 5.41 Å². The van der Waals surface area contributed by atoms with Crippen LogP contribution in [0.25, 0.3) is 0 Å². The highest BCUT2D eigenvalue weighted by Crippen LogP contribution is 2.28. The zero-order valence-electron chi connectivity index (χ0n) is 10.2. The summed E-state index contributed by atoms with van der Waals surface area (Å²) in [4.78, 5) is 8.90. The van der Waals surface area contributed by atoms with Crippen LogP contribution in [0.3, 0.4) is 0 Å². The molecular weight excluding hydrogens is 275 g/mol. The average molecular weight is 291 g/mol. The van der Waals surface area contributed by atoms with Gasteiger partial charge in [0.05, 0.1) is 5.75 Å². The lowest BCUT2D eigenvalue weighted by Crippen LogP contribution is -2.61. The minimum atomic E-state index is -5.08. The Morgan fingerprint density at radius 1 is 1.44 bits per heavy atom. The van der Waals surface area contributed by atoms with Crippen LogP contribution in [0.1, 0.15) is 13.8 Å². The van der Waals surface area contributed by atoms with Gasteiger partial charge in [-0.3, -0.25) is 0 Å². The van der Waals surface area contributed by atoms with Gasteiger partial charge < -0.3 is 10.4 Å². The Labute approximate surface area is 103 Å². The van der Waals surface area contributed by atoms with Gasteiger partial charge in [0.1, 0.15) is 9.84 Å². The molecule has 18 heavy (non-hydrogen) atoms. The second-order valence-electron chi connectivity index (χ2n) is 4.82. The van der Waals surface area contributed by atoms with Crippen LogP contribution in [0.4, 0.5) is 13.2 Å². The van der Waals surface area contributed by atoms with Gasteiger partial charge in [0, 0.05) is 18.8 Å². The number of carboxylic acid groups (broad SMARTS) is 1. The van der Waals surface area contributed by atoms with Gasteiger partial charge >= 0.3 is 12.1 Å². The standard InChI is InChI=1S/C7H15NO2S.C2HF3O2/c1-7(2)5-8-6(7)4-11(3,9)10;3-2(4,5)1(6)7/h6,8H,4-5H2,1-3H3;(H,6,7). The Bertz CT molecular complexity index is 403. The number of nitrogens with one attached hydrogen (secondary N) is 1. The zero-order chi connectivity index (χ0) is 14.8. The molecule has 0 spiro atoms. The number of carboxylic acids is 1. The maximum atomic E-state index is 10.9. The molecule has 108 valence electrons. The largest absolute Gasteiger partial charge is 0.490 e. The molecule has 1 aliphatic heterocycles. The molecule has 0 aromatic rings. The van der Waals surface area contributed by atoms with Gasteiger partial charge in [0.2, 0.25) is 0 Å². The highest BCUT2D eigenvalue weighted by atomic mass is 32.2.